The Labute approximate surface area is 198 Å². The lowest BCUT2D eigenvalue weighted by Crippen LogP contribution is -1.87. The van der Waals surface area contributed by atoms with Gasteiger partial charge in [0.1, 0.15) is 5.82 Å². The van der Waals surface area contributed by atoms with Gasteiger partial charge >= 0.3 is 11.9 Å². The maximum atomic E-state index is 13.9. The molecule has 3 N–H and O–H groups in total. The number of nitrogens with zero attached hydrogens (tertiary/aromatic N) is 1. The van der Waals surface area contributed by atoms with Gasteiger partial charge < -0.3 is 15.2 Å². The van der Waals surface area contributed by atoms with Crippen molar-refractivity contribution in [1.82, 2.24) is 9.97 Å². The molecule has 0 radical (unpaired) electrons. The van der Waals surface area contributed by atoms with E-state index < -0.39 is 23.6 Å². The Balaban J connectivity index is 1.78. The van der Waals surface area contributed by atoms with Crippen molar-refractivity contribution in [3.63, 3.8) is 0 Å². The molecule has 0 spiro atoms. The number of rotatable bonds is 7. The van der Waals surface area contributed by atoms with E-state index in [9.17, 15) is 18.4 Å². The first-order valence-electron chi connectivity index (χ1n) is 10.4. The minimum atomic E-state index is -1.05. The molecule has 0 aliphatic heterocycles. The number of imidazole rings is 1. The highest BCUT2D eigenvalue weighted by Gasteiger charge is 2.16. The Morgan fingerprint density at radius 1 is 0.714 bits per heavy atom. The van der Waals surface area contributed by atoms with Gasteiger partial charge in [0.05, 0.1) is 11.4 Å². The standard InChI is InChI=1S/C27H18F2N2O4/c28-21-12-11-20(15-22(21)29)27-30-25(18-7-1-16(2-8-18)5-13-23(32)33)26(31-27)19-9-3-17(4-10-19)6-14-24(34)35/h1-15H,(H,30,31)(H,32,33)(H,34,35)/b13-5+,14-6+. The number of hydrogen-bond donors (Lipinski definition) is 3. The van der Waals surface area contributed by atoms with E-state index in [-0.39, 0.29) is 0 Å². The van der Waals surface area contributed by atoms with Crippen molar-refractivity contribution in [2.75, 3.05) is 0 Å². The third-order valence-corrected chi connectivity index (χ3v) is 5.12. The monoisotopic (exact) mass is 472 g/mol. The summed E-state index contributed by atoms with van der Waals surface area (Å²) in [6, 6.07) is 17.6. The molecule has 1 heterocycles. The minimum absolute atomic E-state index is 0.332. The van der Waals surface area contributed by atoms with Gasteiger partial charge in [0, 0.05) is 28.8 Å². The Bertz CT molecular complexity index is 1370. The summed E-state index contributed by atoms with van der Waals surface area (Å²) in [4.78, 5) is 29.3. The number of benzene rings is 3. The summed E-state index contributed by atoms with van der Waals surface area (Å²) >= 11 is 0. The Morgan fingerprint density at radius 3 is 1.74 bits per heavy atom. The van der Waals surface area contributed by atoms with Crippen molar-refractivity contribution in [2.45, 2.75) is 0 Å². The largest absolute Gasteiger partial charge is 0.478 e. The number of aromatic nitrogens is 2. The molecule has 0 saturated heterocycles. The van der Waals surface area contributed by atoms with Crippen LogP contribution in [0, 0.1) is 11.6 Å². The first kappa shape index (κ1) is 23.3. The third-order valence-electron chi connectivity index (χ3n) is 5.12. The topological polar surface area (TPSA) is 103 Å². The summed E-state index contributed by atoms with van der Waals surface area (Å²) in [6.45, 7) is 0. The lowest BCUT2D eigenvalue weighted by atomic mass is 10.0. The molecule has 0 amide bonds. The molecule has 174 valence electrons. The zero-order valence-corrected chi connectivity index (χ0v) is 18.1. The van der Waals surface area contributed by atoms with E-state index in [1.807, 2.05) is 0 Å². The lowest BCUT2D eigenvalue weighted by molar-refractivity contribution is -0.132. The Kier molecular flexibility index (Phi) is 6.64. The average Bonchev–Trinajstić information content (AvgIpc) is 3.29. The molecule has 1 aromatic heterocycles. The molecule has 8 heteroatoms. The highest BCUT2D eigenvalue weighted by molar-refractivity contribution is 5.87. The average molecular weight is 472 g/mol. The van der Waals surface area contributed by atoms with Crippen molar-refractivity contribution < 1.29 is 28.6 Å². The number of nitrogens with one attached hydrogen (secondary N) is 1. The normalized spacial score (nSPS) is 11.4. The van der Waals surface area contributed by atoms with Crippen LogP contribution in [0.25, 0.3) is 46.1 Å². The highest BCUT2D eigenvalue weighted by atomic mass is 19.2. The van der Waals surface area contributed by atoms with Crippen LogP contribution in [-0.4, -0.2) is 32.1 Å². The number of carboxylic acids is 2. The molecule has 0 aliphatic carbocycles. The van der Waals surface area contributed by atoms with Gasteiger partial charge in [-0.05, 0) is 41.5 Å². The van der Waals surface area contributed by atoms with E-state index in [0.717, 1.165) is 29.8 Å². The number of carbonyl (C=O) groups is 2. The SMILES string of the molecule is O=C(O)/C=C/c1ccc(-c2nc(-c3ccc(F)c(F)c3)[nH]c2-c2ccc(/C=C/C(=O)O)cc2)cc1. The quantitative estimate of drug-likeness (QED) is 0.291. The van der Waals surface area contributed by atoms with Crippen LogP contribution in [0.5, 0.6) is 0 Å². The fourth-order valence-corrected chi connectivity index (χ4v) is 3.42. The van der Waals surface area contributed by atoms with Gasteiger partial charge in [0.2, 0.25) is 0 Å². The summed E-state index contributed by atoms with van der Waals surface area (Å²) < 4.78 is 27.3. The summed E-state index contributed by atoms with van der Waals surface area (Å²) in [6.07, 6.45) is 5.01. The van der Waals surface area contributed by atoms with Gasteiger partial charge in [-0.15, -0.1) is 0 Å². The van der Waals surface area contributed by atoms with Crippen molar-refractivity contribution in [1.29, 1.82) is 0 Å². The molecule has 3 aromatic carbocycles. The number of carboxylic acid groups (broad SMARTS) is 2. The molecule has 6 nitrogen and oxygen atoms in total. The molecular weight excluding hydrogens is 454 g/mol. The van der Waals surface area contributed by atoms with Crippen LogP contribution >= 0.6 is 0 Å². The van der Waals surface area contributed by atoms with Crippen LogP contribution in [-0.2, 0) is 9.59 Å². The van der Waals surface area contributed by atoms with E-state index in [1.165, 1.54) is 18.2 Å². The second-order valence-corrected chi connectivity index (χ2v) is 7.53. The fourth-order valence-electron chi connectivity index (χ4n) is 3.42. The molecular formula is C27H18F2N2O4. The molecule has 0 bridgehead atoms. The van der Waals surface area contributed by atoms with Gasteiger partial charge in [-0.2, -0.15) is 0 Å². The van der Waals surface area contributed by atoms with E-state index in [1.54, 1.807) is 48.5 Å². The van der Waals surface area contributed by atoms with Gasteiger partial charge in [-0.3, -0.25) is 0 Å². The molecule has 0 fully saturated rings. The zero-order valence-electron chi connectivity index (χ0n) is 18.1. The van der Waals surface area contributed by atoms with Crippen molar-refractivity contribution in [3.8, 4) is 33.9 Å². The Hall–Kier alpha value is -4.85. The molecule has 4 aromatic rings. The molecule has 0 saturated carbocycles. The van der Waals surface area contributed by atoms with E-state index in [0.29, 0.717) is 39.5 Å². The van der Waals surface area contributed by atoms with Gasteiger partial charge in [0.25, 0.3) is 0 Å². The smallest absolute Gasteiger partial charge is 0.328 e. The van der Waals surface area contributed by atoms with E-state index in [4.69, 9.17) is 10.2 Å². The van der Waals surface area contributed by atoms with Crippen LogP contribution in [0.2, 0.25) is 0 Å². The Morgan fingerprint density at radius 2 is 1.23 bits per heavy atom. The molecule has 0 unspecified atom stereocenters. The van der Waals surface area contributed by atoms with Gasteiger partial charge in [-0.25, -0.2) is 23.4 Å². The summed E-state index contributed by atoms with van der Waals surface area (Å²) in [5.74, 6) is -3.73. The molecule has 4 rings (SSSR count). The lowest BCUT2D eigenvalue weighted by Gasteiger charge is -2.05. The van der Waals surface area contributed by atoms with Crippen LogP contribution in [0.3, 0.4) is 0 Å². The summed E-state index contributed by atoms with van der Waals surface area (Å²) in [5.41, 5.74) is 4.35. The first-order valence-corrected chi connectivity index (χ1v) is 10.4. The summed E-state index contributed by atoms with van der Waals surface area (Å²) in [5, 5.41) is 17.6. The van der Waals surface area contributed by atoms with E-state index >= 15 is 0 Å². The van der Waals surface area contributed by atoms with Gasteiger partial charge in [-0.1, -0.05) is 48.5 Å². The van der Waals surface area contributed by atoms with Crippen LogP contribution in [0.15, 0.2) is 78.9 Å². The second kappa shape index (κ2) is 9.96. The van der Waals surface area contributed by atoms with Crippen molar-refractivity contribution >= 4 is 24.1 Å². The predicted octanol–water partition coefficient (Wildman–Crippen LogP) is 5.88. The van der Waals surface area contributed by atoms with Gasteiger partial charge in [0.15, 0.2) is 11.6 Å². The van der Waals surface area contributed by atoms with Crippen LogP contribution in [0.1, 0.15) is 11.1 Å². The predicted molar refractivity (Wildman–Crippen MR) is 128 cm³/mol. The van der Waals surface area contributed by atoms with Crippen molar-refractivity contribution in [2.24, 2.45) is 0 Å². The highest BCUT2D eigenvalue weighted by Crippen LogP contribution is 2.34. The summed E-state index contributed by atoms with van der Waals surface area (Å²) in [7, 11) is 0. The molecule has 35 heavy (non-hydrogen) atoms. The van der Waals surface area contributed by atoms with Crippen molar-refractivity contribution in [3.05, 3.63) is 102 Å². The van der Waals surface area contributed by atoms with Crippen LogP contribution in [0.4, 0.5) is 8.78 Å². The second-order valence-electron chi connectivity index (χ2n) is 7.53. The fraction of sp³-hybridized carbons (Fsp3) is 0. The number of H-pyrrole nitrogens is 1. The maximum Gasteiger partial charge on any atom is 0.328 e. The third kappa shape index (κ3) is 5.56. The number of aliphatic carboxylic acids is 2. The first-order chi connectivity index (χ1) is 16.8. The van der Waals surface area contributed by atoms with E-state index in [2.05, 4.69) is 9.97 Å². The number of halogens is 2. The number of hydrogen-bond acceptors (Lipinski definition) is 3. The zero-order chi connectivity index (χ0) is 24.9. The number of aromatic amines is 1. The minimum Gasteiger partial charge on any atom is -0.478 e. The maximum absolute atomic E-state index is 13.9. The van der Waals surface area contributed by atoms with Crippen LogP contribution < -0.4 is 0 Å². The molecule has 0 aliphatic rings. The molecule has 0 atom stereocenters.